The largest absolute Gasteiger partial charge is 0.507 e. The van der Waals surface area contributed by atoms with E-state index in [9.17, 15) is 14.7 Å². The van der Waals surface area contributed by atoms with Crippen LogP contribution in [0, 0.1) is 6.92 Å². The number of ketones is 1. The van der Waals surface area contributed by atoms with Gasteiger partial charge in [-0.3, -0.25) is 14.6 Å². The Labute approximate surface area is 185 Å². The van der Waals surface area contributed by atoms with E-state index >= 15 is 0 Å². The van der Waals surface area contributed by atoms with E-state index < -0.39 is 17.7 Å². The third-order valence-electron chi connectivity index (χ3n) is 6.09. The van der Waals surface area contributed by atoms with Gasteiger partial charge in [0, 0.05) is 30.9 Å². The Kier molecular flexibility index (Phi) is 4.98. The van der Waals surface area contributed by atoms with Crippen molar-refractivity contribution in [2.24, 2.45) is 0 Å². The minimum atomic E-state index is -0.686. The highest BCUT2D eigenvalue weighted by atomic mass is 16.5. The number of aliphatic hydroxyl groups is 1. The number of aliphatic hydroxyl groups excluding tert-OH is 1. The first kappa shape index (κ1) is 20.0. The minimum absolute atomic E-state index is 0.109. The highest BCUT2D eigenvalue weighted by Crippen LogP contribution is 2.42. The van der Waals surface area contributed by atoms with Crippen LogP contribution in [0.15, 0.2) is 72.6 Å². The first-order chi connectivity index (χ1) is 15.5. The van der Waals surface area contributed by atoms with Crippen molar-refractivity contribution in [3.05, 3.63) is 100 Å². The Morgan fingerprint density at radius 2 is 1.91 bits per heavy atom. The Hall–Kier alpha value is -3.93. The SMILES string of the molecule is Cc1ccccc1C1/C(=C(\O)c2ccc3c(c2)CCO3)C(=O)C(=O)N1Cc1ccncc1. The van der Waals surface area contributed by atoms with Gasteiger partial charge in [0.1, 0.15) is 11.5 Å². The van der Waals surface area contributed by atoms with Crippen LogP contribution in [0.5, 0.6) is 5.75 Å². The number of fused-ring (bicyclic) bond motifs is 1. The summed E-state index contributed by atoms with van der Waals surface area (Å²) in [6.07, 6.45) is 4.05. The Bertz CT molecular complexity index is 1250. The van der Waals surface area contributed by atoms with E-state index in [1.807, 2.05) is 49.4 Å². The second-order valence-corrected chi connectivity index (χ2v) is 8.06. The second-order valence-electron chi connectivity index (χ2n) is 8.06. The molecule has 0 spiro atoms. The van der Waals surface area contributed by atoms with Gasteiger partial charge in [-0.25, -0.2) is 0 Å². The Morgan fingerprint density at radius 3 is 2.69 bits per heavy atom. The highest BCUT2D eigenvalue weighted by molar-refractivity contribution is 6.46. The van der Waals surface area contributed by atoms with Crippen molar-refractivity contribution in [1.29, 1.82) is 0 Å². The van der Waals surface area contributed by atoms with Crippen molar-refractivity contribution < 1.29 is 19.4 Å². The molecule has 2 aliphatic rings. The molecule has 2 aliphatic heterocycles. The predicted molar refractivity (Wildman–Crippen MR) is 119 cm³/mol. The number of amides is 1. The Morgan fingerprint density at radius 1 is 1.12 bits per heavy atom. The molecule has 0 radical (unpaired) electrons. The highest BCUT2D eigenvalue weighted by Gasteiger charge is 2.46. The van der Waals surface area contributed by atoms with Crippen LogP contribution >= 0.6 is 0 Å². The maximum Gasteiger partial charge on any atom is 0.295 e. The lowest BCUT2D eigenvalue weighted by molar-refractivity contribution is -0.140. The molecule has 1 fully saturated rings. The molecule has 0 bridgehead atoms. The topological polar surface area (TPSA) is 79.7 Å². The fourth-order valence-electron chi connectivity index (χ4n) is 4.43. The maximum atomic E-state index is 13.2. The zero-order chi connectivity index (χ0) is 22.2. The molecule has 6 nitrogen and oxygen atoms in total. The molecule has 0 saturated carbocycles. The number of benzene rings is 2. The molecule has 1 atom stereocenters. The lowest BCUT2D eigenvalue weighted by Gasteiger charge is -2.26. The van der Waals surface area contributed by atoms with E-state index in [1.165, 1.54) is 4.90 Å². The van der Waals surface area contributed by atoms with Crippen molar-refractivity contribution in [3.63, 3.8) is 0 Å². The van der Waals surface area contributed by atoms with Gasteiger partial charge in [-0.15, -0.1) is 0 Å². The van der Waals surface area contributed by atoms with Gasteiger partial charge in [-0.1, -0.05) is 24.3 Å². The summed E-state index contributed by atoms with van der Waals surface area (Å²) >= 11 is 0. The average Bonchev–Trinajstić information content (AvgIpc) is 3.38. The van der Waals surface area contributed by atoms with Crippen LogP contribution in [0.4, 0.5) is 0 Å². The summed E-state index contributed by atoms with van der Waals surface area (Å²) in [5.41, 5.74) is 4.20. The van der Waals surface area contributed by atoms with Crippen LogP contribution in [0.2, 0.25) is 0 Å². The summed E-state index contributed by atoms with van der Waals surface area (Å²) in [6, 6.07) is 15.9. The third-order valence-corrected chi connectivity index (χ3v) is 6.09. The quantitative estimate of drug-likeness (QED) is 0.388. The van der Waals surface area contributed by atoms with Crippen LogP contribution in [0.1, 0.15) is 33.9 Å². The molecule has 1 aromatic heterocycles. The minimum Gasteiger partial charge on any atom is -0.507 e. The fourth-order valence-corrected chi connectivity index (χ4v) is 4.43. The van der Waals surface area contributed by atoms with E-state index in [0.29, 0.717) is 12.2 Å². The van der Waals surface area contributed by atoms with Gasteiger partial charge in [0.2, 0.25) is 0 Å². The summed E-state index contributed by atoms with van der Waals surface area (Å²) in [4.78, 5) is 31.9. The van der Waals surface area contributed by atoms with Crippen molar-refractivity contribution in [3.8, 4) is 5.75 Å². The number of likely N-dealkylation sites (tertiary alicyclic amines) is 1. The van der Waals surface area contributed by atoms with Crippen molar-refractivity contribution in [2.45, 2.75) is 25.9 Å². The van der Waals surface area contributed by atoms with Gasteiger partial charge in [-0.2, -0.15) is 0 Å². The standard InChI is InChI=1S/C26H22N2O4/c1-16-4-2-3-5-20(16)23-22(24(29)19-6-7-21-18(14-19)10-13-32-21)25(30)26(31)28(23)15-17-8-11-27-12-9-17/h2-9,11-12,14,23,29H,10,13,15H2,1H3/b24-22+. The molecule has 5 rings (SSSR count). The number of rotatable bonds is 4. The molecule has 2 aromatic carbocycles. The van der Waals surface area contributed by atoms with E-state index in [1.54, 1.807) is 24.5 Å². The number of aryl methyl sites for hydroxylation is 1. The van der Waals surface area contributed by atoms with Gasteiger partial charge < -0.3 is 14.7 Å². The summed E-state index contributed by atoms with van der Waals surface area (Å²) in [5, 5.41) is 11.3. The molecule has 1 amide bonds. The summed E-state index contributed by atoms with van der Waals surface area (Å²) < 4.78 is 5.55. The van der Waals surface area contributed by atoms with E-state index in [-0.39, 0.29) is 17.9 Å². The van der Waals surface area contributed by atoms with Crippen molar-refractivity contribution in [2.75, 3.05) is 6.61 Å². The molecule has 32 heavy (non-hydrogen) atoms. The molecule has 1 N–H and O–H groups in total. The number of carbonyl (C=O) groups excluding carboxylic acids is 2. The molecule has 0 aliphatic carbocycles. The first-order valence-electron chi connectivity index (χ1n) is 10.5. The lowest BCUT2D eigenvalue weighted by Crippen LogP contribution is -2.29. The van der Waals surface area contributed by atoms with Gasteiger partial charge >= 0.3 is 0 Å². The maximum absolute atomic E-state index is 13.2. The van der Waals surface area contributed by atoms with Crippen LogP contribution in [0.3, 0.4) is 0 Å². The van der Waals surface area contributed by atoms with Gasteiger partial charge in [-0.05, 0) is 59.5 Å². The third kappa shape index (κ3) is 3.34. The number of Topliss-reactive ketones (excluding diaryl/α,β-unsaturated/α-hetero) is 1. The van der Waals surface area contributed by atoms with E-state index in [4.69, 9.17) is 4.74 Å². The Balaban J connectivity index is 1.66. The van der Waals surface area contributed by atoms with Crippen LogP contribution in [-0.2, 0) is 22.6 Å². The molecular weight excluding hydrogens is 404 g/mol. The number of pyridine rings is 1. The van der Waals surface area contributed by atoms with Crippen LogP contribution < -0.4 is 4.74 Å². The van der Waals surface area contributed by atoms with Gasteiger partial charge in [0.05, 0.1) is 18.2 Å². The monoisotopic (exact) mass is 426 g/mol. The van der Waals surface area contributed by atoms with Gasteiger partial charge in [0.25, 0.3) is 11.7 Å². The number of nitrogens with zero attached hydrogens (tertiary/aromatic N) is 2. The summed E-state index contributed by atoms with van der Waals surface area (Å²) in [6.45, 7) is 2.77. The molecule has 160 valence electrons. The zero-order valence-electron chi connectivity index (χ0n) is 17.6. The number of aromatic nitrogens is 1. The molecule has 1 unspecified atom stereocenters. The summed E-state index contributed by atoms with van der Waals surface area (Å²) in [7, 11) is 0. The number of hydrogen-bond donors (Lipinski definition) is 1. The fraction of sp³-hybridized carbons (Fsp3) is 0.192. The van der Waals surface area contributed by atoms with Crippen molar-refractivity contribution in [1.82, 2.24) is 9.88 Å². The van der Waals surface area contributed by atoms with E-state index in [2.05, 4.69) is 4.98 Å². The van der Waals surface area contributed by atoms with E-state index in [0.717, 1.165) is 34.4 Å². The smallest absolute Gasteiger partial charge is 0.295 e. The first-order valence-corrected chi connectivity index (χ1v) is 10.5. The van der Waals surface area contributed by atoms with Gasteiger partial charge in [0.15, 0.2) is 0 Å². The van der Waals surface area contributed by atoms with Crippen LogP contribution in [0.25, 0.3) is 5.76 Å². The molecule has 1 saturated heterocycles. The number of ether oxygens (including phenoxy) is 1. The normalized spacial score (nSPS) is 19.2. The predicted octanol–water partition coefficient (Wildman–Crippen LogP) is 3.95. The van der Waals surface area contributed by atoms with Crippen molar-refractivity contribution >= 4 is 17.4 Å². The number of hydrogen-bond acceptors (Lipinski definition) is 5. The molecular formula is C26H22N2O4. The second kappa shape index (κ2) is 7.96. The molecule has 6 heteroatoms. The molecule has 3 aromatic rings. The average molecular weight is 426 g/mol. The molecule has 3 heterocycles. The zero-order valence-corrected chi connectivity index (χ0v) is 17.6. The number of carbonyl (C=O) groups is 2. The lowest BCUT2D eigenvalue weighted by atomic mass is 9.92. The van der Waals surface area contributed by atoms with Crippen LogP contribution in [-0.4, -0.2) is 33.3 Å². The summed E-state index contributed by atoms with van der Waals surface area (Å²) in [5.74, 6) is -0.679.